The smallest absolute Gasteiger partial charge is 0.243 e. The standard InChI is InChI=1S/C31H37N3O4/c1-3-17-32-29(36)27(20-23-11-5-4-6-12-23)34(21-24-13-9-10-22(2)19-24)28(35)16-18-33-30(37)25-14-7-8-15-26(25)31(33)38/h4-13,19,25-27H,3,14-18,20-21H2,1-2H3,(H,32,36)/t25-,26+,27?. The van der Waals surface area contributed by atoms with Crippen LogP contribution in [0.25, 0.3) is 0 Å². The van der Waals surface area contributed by atoms with E-state index in [-0.39, 0.29) is 55.0 Å². The molecule has 1 N–H and O–H groups in total. The molecular formula is C31H37N3O4. The predicted octanol–water partition coefficient (Wildman–Crippen LogP) is 3.80. The summed E-state index contributed by atoms with van der Waals surface area (Å²) in [5.74, 6) is -1.49. The molecule has 38 heavy (non-hydrogen) atoms. The number of hydrogen-bond donors (Lipinski definition) is 1. The fourth-order valence-corrected chi connectivity index (χ4v) is 5.37. The van der Waals surface area contributed by atoms with Crippen LogP contribution in [-0.2, 0) is 32.1 Å². The Morgan fingerprint density at radius 3 is 2.26 bits per heavy atom. The normalized spacial score (nSPS) is 19.3. The van der Waals surface area contributed by atoms with Crippen LogP contribution in [0, 0.1) is 18.8 Å². The molecule has 7 heteroatoms. The summed E-state index contributed by atoms with van der Waals surface area (Å²) in [5.41, 5.74) is 2.94. The molecule has 2 aliphatic rings. The number of rotatable bonds is 11. The van der Waals surface area contributed by atoms with E-state index >= 15 is 0 Å². The fraction of sp³-hybridized carbons (Fsp3) is 0.419. The molecular weight excluding hydrogens is 478 g/mol. The van der Waals surface area contributed by atoms with Gasteiger partial charge in [-0.1, -0.05) is 79.2 Å². The van der Waals surface area contributed by atoms with Gasteiger partial charge in [0, 0.05) is 32.5 Å². The summed E-state index contributed by atoms with van der Waals surface area (Å²) in [6.07, 6.45) is 6.16. The van der Waals surface area contributed by atoms with Crippen molar-refractivity contribution in [3.63, 3.8) is 0 Å². The quantitative estimate of drug-likeness (QED) is 0.364. The van der Waals surface area contributed by atoms with E-state index in [1.165, 1.54) is 4.90 Å². The highest BCUT2D eigenvalue weighted by Gasteiger charge is 2.47. The Kier molecular flexibility index (Phi) is 9.10. The Hall–Kier alpha value is -3.74. The molecule has 2 aromatic rings. The Morgan fingerprint density at radius 2 is 1.63 bits per heavy atom. The van der Waals surface area contributed by atoms with Gasteiger partial charge in [-0.05, 0) is 37.3 Å². The molecule has 200 valence electrons. The molecule has 3 atom stereocenters. The van der Waals surface area contributed by atoms with E-state index in [1.54, 1.807) is 4.90 Å². The van der Waals surface area contributed by atoms with Crippen LogP contribution in [0.15, 0.2) is 66.7 Å². The molecule has 1 heterocycles. The van der Waals surface area contributed by atoms with Gasteiger partial charge in [-0.3, -0.25) is 24.1 Å². The van der Waals surface area contributed by atoms with E-state index in [2.05, 4.69) is 5.32 Å². The molecule has 0 bridgehead atoms. The third-order valence-corrected chi connectivity index (χ3v) is 7.40. The highest BCUT2D eigenvalue weighted by atomic mass is 16.2. The molecule has 1 aliphatic heterocycles. The summed E-state index contributed by atoms with van der Waals surface area (Å²) in [7, 11) is 0. The van der Waals surface area contributed by atoms with E-state index in [0.717, 1.165) is 23.1 Å². The van der Waals surface area contributed by atoms with Crippen LogP contribution in [0.3, 0.4) is 0 Å². The number of hydrogen-bond acceptors (Lipinski definition) is 4. The SMILES string of the molecule is CCCNC(=O)C(Cc1ccccc1)N(Cc1cccc(C)c1)C(=O)CCN1C(=O)[C@H]2CC=CC[C@H]2C1=O. The number of benzene rings is 2. The molecule has 1 aliphatic carbocycles. The van der Waals surface area contributed by atoms with E-state index in [0.29, 0.717) is 25.8 Å². The topological polar surface area (TPSA) is 86.8 Å². The highest BCUT2D eigenvalue weighted by molar-refractivity contribution is 6.05. The minimum Gasteiger partial charge on any atom is -0.354 e. The Morgan fingerprint density at radius 1 is 0.974 bits per heavy atom. The van der Waals surface area contributed by atoms with Gasteiger partial charge in [0.1, 0.15) is 6.04 Å². The second-order valence-corrected chi connectivity index (χ2v) is 10.2. The molecule has 0 aromatic heterocycles. The monoisotopic (exact) mass is 515 g/mol. The van der Waals surface area contributed by atoms with Crippen molar-refractivity contribution in [3.8, 4) is 0 Å². The summed E-state index contributed by atoms with van der Waals surface area (Å²) < 4.78 is 0. The zero-order valence-corrected chi connectivity index (χ0v) is 22.3. The number of nitrogens with zero attached hydrogens (tertiary/aromatic N) is 2. The molecule has 0 radical (unpaired) electrons. The average molecular weight is 516 g/mol. The maximum Gasteiger partial charge on any atom is 0.243 e. The first-order valence-electron chi connectivity index (χ1n) is 13.6. The van der Waals surface area contributed by atoms with Crippen molar-refractivity contribution in [1.82, 2.24) is 15.1 Å². The van der Waals surface area contributed by atoms with Gasteiger partial charge >= 0.3 is 0 Å². The Labute approximate surface area is 224 Å². The molecule has 4 rings (SSSR count). The molecule has 1 saturated heterocycles. The lowest BCUT2D eigenvalue weighted by molar-refractivity contribution is -0.144. The van der Waals surface area contributed by atoms with Crippen molar-refractivity contribution in [1.29, 1.82) is 0 Å². The molecule has 4 amide bonds. The van der Waals surface area contributed by atoms with Gasteiger partial charge in [0.15, 0.2) is 0 Å². The lowest BCUT2D eigenvalue weighted by Gasteiger charge is -2.32. The first-order chi connectivity index (χ1) is 18.4. The lowest BCUT2D eigenvalue weighted by Crippen LogP contribution is -2.51. The van der Waals surface area contributed by atoms with E-state index < -0.39 is 6.04 Å². The average Bonchev–Trinajstić information content (AvgIpc) is 3.17. The predicted molar refractivity (Wildman–Crippen MR) is 146 cm³/mol. The minimum atomic E-state index is -0.728. The summed E-state index contributed by atoms with van der Waals surface area (Å²) in [5, 5.41) is 2.97. The summed E-state index contributed by atoms with van der Waals surface area (Å²) in [6.45, 7) is 4.78. The van der Waals surface area contributed by atoms with Gasteiger partial charge in [0.2, 0.25) is 23.6 Å². The maximum atomic E-state index is 13.8. The zero-order chi connectivity index (χ0) is 27.1. The van der Waals surface area contributed by atoms with Crippen molar-refractivity contribution >= 4 is 23.6 Å². The van der Waals surface area contributed by atoms with Gasteiger partial charge < -0.3 is 10.2 Å². The van der Waals surface area contributed by atoms with Crippen LogP contribution in [0.5, 0.6) is 0 Å². The van der Waals surface area contributed by atoms with Crippen molar-refractivity contribution < 1.29 is 19.2 Å². The summed E-state index contributed by atoms with van der Waals surface area (Å²) in [4.78, 5) is 56.0. The van der Waals surface area contributed by atoms with Crippen LogP contribution in [0.1, 0.15) is 49.3 Å². The molecule has 0 saturated carbocycles. The highest BCUT2D eigenvalue weighted by Crippen LogP contribution is 2.35. The number of allylic oxidation sites excluding steroid dienone is 2. The number of amides is 4. The Bertz CT molecular complexity index is 1170. The minimum absolute atomic E-state index is 0.0253. The van der Waals surface area contributed by atoms with Gasteiger partial charge in [-0.25, -0.2) is 0 Å². The number of imide groups is 1. The molecule has 2 aromatic carbocycles. The number of carbonyl (C=O) groups is 4. The van der Waals surface area contributed by atoms with Crippen molar-refractivity contribution in [3.05, 3.63) is 83.4 Å². The van der Waals surface area contributed by atoms with Crippen molar-refractivity contribution in [2.75, 3.05) is 13.1 Å². The van der Waals surface area contributed by atoms with E-state index in [1.807, 2.05) is 80.6 Å². The van der Waals surface area contributed by atoms with Crippen LogP contribution >= 0.6 is 0 Å². The number of fused-ring (bicyclic) bond motifs is 1. The number of nitrogens with one attached hydrogen (secondary N) is 1. The third kappa shape index (κ3) is 6.39. The van der Waals surface area contributed by atoms with Gasteiger partial charge in [0.05, 0.1) is 11.8 Å². The molecule has 1 unspecified atom stereocenters. The second-order valence-electron chi connectivity index (χ2n) is 10.2. The number of carbonyl (C=O) groups excluding carboxylic acids is 4. The molecule has 7 nitrogen and oxygen atoms in total. The number of aryl methyl sites for hydroxylation is 1. The van der Waals surface area contributed by atoms with Gasteiger partial charge in [-0.2, -0.15) is 0 Å². The van der Waals surface area contributed by atoms with Crippen LogP contribution in [0.2, 0.25) is 0 Å². The fourth-order valence-electron chi connectivity index (χ4n) is 5.37. The van der Waals surface area contributed by atoms with Gasteiger partial charge in [-0.15, -0.1) is 0 Å². The second kappa shape index (κ2) is 12.7. The third-order valence-electron chi connectivity index (χ3n) is 7.40. The first kappa shape index (κ1) is 27.3. The van der Waals surface area contributed by atoms with E-state index in [4.69, 9.17) is 0 Å². The Balaban J connectivity index is 1.57. The van der Waals surface area contributed by atoms with Gasteiger partial charge in [0.25, 0.3) is 0 Å². The van der Waals surface area contributed by atoms with Crippen molar-refractivity contribution in [2.24, 2.45) is 11.8 Å². The van der Waals surface area contributed by atoms with Crippen LogP contribution in [0.4, 0.5) is 0 Å². The summed E-state index contributed by atoms with van der Waals surface area (Å²) in [6, 6.07) is 16.8. The largest absolute Gasteiger partial charge is 0.354 e. The van der Waals surface area contributed by atoms with E-state index in [9.17, 15) is 19.2 Å². The van der Waals surface area contributed by atoms with Crippen LogP contribution < -0.4 is 5.32 Å². The molecule has 1 fully saturated rings. The van der Waals surface area contributed by atoms with Crippen molar-refractivity contribution in [2.45, 2.75) is 58.5 Å². The summed E-state index contributed by atoms with van der Waals surface area (Å²) >= 11 is 0. The zero-order valence-electron chi connectivity index (χ0n) is 22.3. The number of likely N-dealkylation sites (tertiary alicyclic amines) is 1. The lowest BCUT2D eigenvalue weighted by atomic mass is 9.85. The first-order valence-corrected chi connectivity index (χ1v) is 13.6. The van der Waals surface area contributed by atoms with Crippen LogP contribution in [-0.4, -0.2) is 52.6 Å². The molecule has 0 spiro atoms. The maximum absolute atomic E-state index is 13.8.